The van der Waals surface area contributed by atoms with Gasteiger partial charge in [-0.25, -0.2) is 0 Å². The van der Waals surface area contributed by atoms with Crippen molar-refractivity contribution in [3.8, 4) is 22.0 Å². The largest absolute Gasteiger partial charge is 0.494 e. The highest BCUT2D eigenvalue weighted by molar-refractivity contribution is 7.22. The van der Waals surface area contributed by atoms with Crippen molar-refractivity contribution in [3.05, 3.63) is 103 Å². The lowest BCUT2D eigenvalue weighted by Gasteiger charge is -2.11. The van der Waals surface area contributed by atoms with Gasteiger partial charge in [0.25, 0.3) is 0 Å². The van der Waals surface area contributed by atoms with E-state index in [-0.39, 0.29) is 0 Å². The first kappa shape index (κ1) is 20.2. The summed E-state index contributed by atoms with van der Waals surface area (Å²) in [5, 5.41) is 6.13. The number of methoxy groups -OCH3 is 1. The number of para-hydroxylation sites is 2. The SMILES string of the molecule is COc1c(-c2c3ccc(-n4c5ccccc5c5ccccc54)cc3cc[n+]2C)sc2ccccc12. The molecule has 4 heteroatoms. The highest BCUT2D eigenvalue weighted by Crippen LogP contribution is 2.45. The zero-order valence-electron chi connectivity index (χ0n) is 19.5. The van der Waals surface area contributed by atoms with E-state index < -0.39 is 0 Å². The van der Waals surface area contributed by atoms with E-state index >= 15 is 0 Å². The average molecular weight is 472 g/mol. The van der Waals surface area contributed by atoms with Crippen molar-refractivity contribution >= 4 is 54.0 Å². The van der Waals surface area contributed by atoms with Crippen molar-refractivity contribution in [1.29, 1.82) is 0 Å². The molecular weight excluding hydrogens is 448 g/mol. The first-order valence-electron chi connectivity index (χ1n) is 11.7. The zero-order chi connectivity index (χ0) is 23.5. The van der Waals surface area contributed by atoms with Crippen molar-refractivity contribution < 1.29 is 9.30 Å². The number of benzene rings is 4. The molecule has 0 N–H and O–H groups in total. The molecule has 0 spiro atoms. The zero-order valence-corrected chi connectivity index (χ0v) is 20.3. The van der Waals surface area contributed by atoms with E-state index in [0.717, 1.165) is 21.7 Å². The minimum absolute atomic E-state index is 0.945. The molecule has 3 nitrogen and oxygen atoms in total. The van der Waals surface area contributed by atoms with Crippen LogP contribution in [-0.4, -0.2) is 11.7 Å². The molecule has 0 aliphatic carbocycles. The average Bonchev–Trinajstić information content (AvgIpc) is 3.44. The van der Waals surface area contributed by atoms with Crippen LogP contribution in [0.2, 0.25) is 0 Å². The van der Waals surface area contributed by atoms with Crippen molar-refractivity contribution in [3.63, 3.8) is 0 Å². The van der Waals surface area contributed by atoms with E-state index in [2.05, 4.69) is 119 Å². The molecule has 7 rings (SSSR count). The first-order valence-corrected chi connectivity index (χ1v) is 12.5. The van der Waals surface area contributed by atoms with Crippen LogP contribution in [0.3, 0.4) is 0 Å². The molecular formula is C31H23N2OS+. The molecule has 168 valence electrons. The standard InChI is InChI=1S/C31H23N2OS/c1-32-18-17-20-19-21(33-26-12-6-3-9-23(26)24-10-4-7-13-27(24)33)15-16-22(20)29(32)31-30(34-2)25-11-5-8-14-28(25)35-31/h3-19H,1-2H3/q+1. The van der Waals surface area contributed by atoms with Crippen LogP contribution < -0.4 is 9.30 Å². The van der Waals surface area contributed by atoms with Crippen LogP contribution in [-0.2, 0) is 7.05 Å². The number of pyridine rings is 1. The van der Waals surface area contributed by atoms with E-state index in [0.29, 0.717) is 0 Å². The minimum atomic E-state index is 0.945. The Balaban J connectivity index is 1.50. The quantitative estimate of drug-likeness (QED) is 0.242. The van der Waals surface area contributed by atoms with Gasteiger partial charge in [0.15, 0.2) is 11.9 Å². The summed E-state index contributed by atoms with van der Waals surface area (Å²) in [6, 6.07) is 34.8. The van der Waals surface area contributed by atoms with Crippen LogP contribution >= 0.6 is 11.3 Å². The number of ether oxygens (including phenoxy) is 1. The van der Waals surface area contributed by atoms with Crippen molar-refractivity contribution in [2.45, 2.75) is 0 Å². The van der Waals surface area contributed by atoms with Gasteiger partial charge in [-0.15, -0.1) is 11.3 Å². The molecule has 4 aromatic carbocycles. The molecule has 0 radical (unpaired) electrons. The van der Waals surface area contributed by atoms with Gasteiger partial charge in [0.1, 0.15) is 11.9 Å². The van der Waals surface area contributed by atoms with Crippen LogP contribution in [0, 0.1) is 0 Å². The van der Waals surface area contributed by atoms with Crippen molar-refractivity contribution in [2.75, 3.05) is 7.11 Å². The summed E-state index contributed by atoms with van der Waals surface area (Å²) in [4.78, 5) is 1.16. The van der Waals surface area contributed by atoms with Gasteiger partial charge in [0, 0.05) is 32.6 Å². The molecule has 3 heterocycles. The van der Waals surface area contributed by atoms with Gasteiger partial charge in [-0.05, 0) is 47.9 Å². The summed E-state index contributed by atoms with van der Waals surface area (Å²) in [7, 11) is 3.88. The summed E-state index contributed by atoms with van der Waals surface area (Å²) in [6.45, 7) is 0. The monoisotopic (exact) mass is 471 g/mol. The molecule has 0 fully saturated rings. The van der Waals surface area contributed by atoms with Gasteiger partial charge in [-0.3, -0.25) is 0 Å². The van der Waals surface area contributed by atoms with Crippen LogP contribution in [0.4, 0.5) is 0 Å². The van der Waals surface area contributed by atoms with E-state index in [1.807, 2.05) is 0 Å². The molecule has 0 saturated carbocycles. The molecule has 3 aromatic heterocycles. The first-order chi connectivity index (χ1) is 17.2. The van der Waals surface area contributed by atoms with E-state index in [9.17, 15) is 0 Å². The van der Waals surface area contributed by atoms with Crippen molar-refractivity contribution in [2.24, 2.45) is 7.05 Å². The number of aryl methyl sites for hydroxylation is 1. The normalized spacial score (nSPS) is 11.7. The number of aromatic nitrogens is 2. The Labute approximate surface area is 207 Å². The van der Waals surface area contributed by atoms with Crippen molar-refractivity contribution in [1.82, 2.24) is 4.57 Å². The van der Waals surface area contributed by atoms with E-state index in [1.54, 1.807) is 18.4 Å². The van der Waals surface area contributed by atoms with Crippen LogP contribution in [0.15, 0.2) is 103 Å². The van der Waals surface area contributed by atoms with Gasteiger partial charge >= 0.3 is 0 Å². The fourth-order valence-corrected chi connectivity index (χ4v) is 6.64. The minimum Gasteiger partial charge on any atom is -0.494 e. The Kier molecular flexibility index (Phi) is 4.45. The third kappa shape index (κ3) is 2.93. The summed E-state index contributed by atoms with van der Waals surface area (Å²) in [5.41, 5.74) is 4.79. The maximum atomic E-state index is 5.93. The Morgan fingerprint density at radius 1 is 0.714 bits per heavy atom. The lowest BCUT2D eigenvalue weighted by molar-refractivity contribution is -0.659. The predicted molar refractivity (Wildman–Crippen MR) is 147 cm³/mol. The number of fused-ring (bicyclic) bond motifs is 5. The molecule has 0 amide bonds. The number of nitrogens with zero attached hydrogens (tertiary/aromatic N) is 2. The second-order valence-corrected chi connectivity index (χ2v) is 9.93. The molecule has 0 aliphatic heterocycles. The summed E-state index contributed by atoms with van der Waals surface area (Å²) < 4.78 is 11.7. The van der Waals surface area contributed by atoms with Gasteiger partial charge in [-0.1, -0.05) is 48.5 Å². The Morgan fingerprint density at radius 2 is 1.37 bits per heavy atom. The molecule has 0 aliphatic rings. The number of hydrogen-bond acceptors (Lipinski definition) is 2. The van der Waals surface area contributed by atoms with Crippen LogP contribution in [0.25, 0.3) is 58.9 Å². The topological polar surface area (TPSA) is 18.0 Å². The maximum Gasteiger partial charge on any atom is 0.234 e. The lowest BCUT2D eigenvalue weighted by Crippen LogP contribution is -2.30. The van der Waals surface area contributed by atoms with Gasteiger partial charge in [0.05, 0.1) is 23.5 Å². The lowest BCUT2D eigenvalue weighted by atomic mass is 10.1. The predicted octanol–water partition coefficient (Wildman–Crippen LogP) is 7.65. The molecule has 35 heavy (non-hydrogen) atoms. The van der Waals surface area contributed by atoms with Crippen LogP contribution in [0.5, 0.6) is 5.75 Å². The molecule has 0 saturated heterocycles. The summed E-state index contributed by atoms with van der Waals surface area (Å²) in [6.07, 6.45) is 2.15. The van der Waals surface area contributed by atoms with Gasteiger partial charge < -0.3 is 9.30 Å². The van der Waals surface area contributed by atoms with E-state index in [1.165, 1.54) is 43.0 Å². The van der Waals surface area contributed by atoms with Gasteiger partial charge in [0.2, 0.25) is 5.69 Å². The van der Waals surface area contributed by atoms with E-state index in [4.69, 9.17) is 4.74 Å². The second kappa shape index (κ2) is 7.69. The summed E-state index contributed by atoms with van der Waals surface area (Å²) >= 11 is 1.79. The molecule has 0 bridgehead atoms. The highest BCUT2D eigenvalue weighted by Gasteiger charge is 2.24. The highest BCUT2D eigenvalue weighted by atomic mass is 32.1. The smallest absolute Gasteiger partial charge is 0.234 e. The number of hydrogen-bond donors (Lipinski definition) is 0. The Hall–Kier alpha value is -4.15. The Bertz CT molecular complexity index is 1860. The third-order valence-electron chi connectivity index (χ3n) is 6.93. The molecule has 0 unspecified atom stereocenters. The molecule has 0 atom stereocenters. The van der Waals surface area contributed by atoms with Crippen LogP contribution in [0.1, 0.15) is 0 Å². The second-order valence-electron chi connectivity index (χ2n) is 8.88. The van der Waals surface area contributed by atoms with Gasteiger partial charge in [-0.2, -0.15) is 4.57 Å². The Morgan fingerprint density at radius 3 is 2.09 bits per heavy atom. The summed E-state index contributed by atoms with van der Waals surface area (Å²) in [5.74, 6) is 0.945. The number of thiophene rings is 1. The fraction of sp³-hybridized carbons (Fsp3) is 0.0645. The maximum absolute atomic E-state index is 5.93. The number of rotatable bonds is 3. The molecule has 7 aromatic rings. The third-order valence-corrected chi connectivity index (χ3v) is 8.09. The fourth-order valence-electron chi connectivity index (χ4n) is 5.36.